The van der Waals surface area contributed by atoms with Crippen LogP contribution in [0.4, 0.5) is 0 Å². The van der Waals surface area contributed by atoms with E-state index in [1.165, 1.54) is 0 Å². The molecular weight excluding hydrogens is 188 g/mol. The number of hydrogen-bond donors (Lipinski definition) is 1. The van der Waals surface area contributed by atoms with Gasteiger partial charge in [-0.05, 0) is 12.5 Å². The van der Waals surface area contributed by atoms with Gasteiger partial charge in [-0.25, -0.2) is 0 Å². The van der Waals surface area contributed by atoms with Crippen molar-refractivity contribution in [3.8, 4) is 0 Å². The Kier molecular flexibility index (Phi) is 4.06. The third-order valence-electron chi connectivity index (χ3n) is 2.76. The summed E-state index contributed by atoms with van der Waals surface area (Å²) >= 11 is 0. The predicted octanol–water partition coefficient (Wildman–Crippen LogP) is 2.49. The van der Waals surface area contributed by atoms with E-state index in [1.54, 1.807) is 13.2 Å². The number of ether oxygens (including phenoxy) is 1. The maximum Gasteiger partial charge on any atom is 0.119 e. The van der Waals surface area contributed by atoms with E-state index in [0.29, 0.717) is 6.42 Å². The Morgan fingerprint density at radius 3 is 2.53 bits per heavy atom. The molecule has 0 saturated heterocycles. The van der Waals surface area contributed by atoms with Crippen LogP contribution in [-0.2, 0) is 10.3 Å². The maximum absolute atomic E-state index is 10.6. The molecule has 0 saturated carbocycles. The molecule has 1 N–H and O–H groups in total. The van der Waals surface area contributed by atoms with Crippen LogP contribution in [-0.4, -0.2) is 18.3 Å². The highest BCUT2D eigenvalue weighted by molar-refractivity contribution is 5.24. The van der Waals surface area contributed by atoms with Crippen molar-refractivity contribution in [2.24, 2.45) is 0 Å². The van der Waals surface area contributed by atoms with Crippen LogP contribution in [0.1, 0.15) is 18.9 Å². The van der Waals surface area contributed by atoms with Gasteiger partial charge >= 0.3 is 0 Å². The van der Waals surface area contributed by atoms with Crippen molar-refractivity contribution in [3.63, 3.8) is 0 Å². The summed E-state index contributed by atoms with van der Waals surface area (Å²) in [4.78, 5) is 0. The largest absolute Gasteiger partial charge is 0.382 e. The van der Waals surface area contributed by atoms with Gasteiger partial charge in [-0.15, -0.1) is 6.58 Å². The molecule has 0 spiro atoms. The van der Waals surface area contributed by atoms with E-state index >= 15 is 0 Å². The van der Waals surface area contributed by atoms with E-state index in [1.807, 2.05) is 37.3 Å². The highest BCUT2D eigenvalue weighted by Crippen LogP contribution is 2.30. The van der Waals surface area contributed by atoms with Crippen molar-refractivity contribution in [2.45, 2.75) is 25.0 Å². The second kappa shape index (κ2) is 5.10. The Morgan fingerprint density at radius 2 is 2.07 bits per heavy atom. The molecule has 82 valence electrons. The first-order valence-electron chi connectivity index (χ1n) is 5.06. The lowest BCUT2D eigenvalue weighted by Crippen LogP contribution is -2.38. The second-order valence-corrected chi connectivity index (χ2v) is 3.66. The molecule has 15 heavy (non-hydrogen) atoms. The highest BCUT2D eigenvalue weighted by Gasteiger charge is 2.34. The summed E-state index contributed by atoms with van der Waals surface area (Å²) in [7, 11) is 1.60. The van der Waals surface area contributed by atoms with Crippen LogP contribution in [0.25, 0.3) is 0 Å². The molecule has 0 aliphatic heterocycles. The quantitative estimate of drug-likeness (QED) is 0.750. The van der Waals surface area contributed by atoms with Crippen molar-refractivity contribution < 1.29 is 9.84 Å². The Hall–Kier alpha value is -1.12. The van der Waals surface area contributed by atoms with Gasteiger partial charge in [-0.3, -0.25) is 0 Å². The van der Waals surface area contributed by atoms with Crippen molar-refractivity contribution in [3.05, 3.63) is 48.6 Å². The van der Waals surface area contributed by atoms with Crippen molar-refractivity contribution in [2.75, 3.05) is 7.11 Å². The van der Waals surface area contributed by atoms with Gasteiger partial charge in [-0.2, -0.15) is 0 Å². The van der Waals surface area contributed by atoms with Crippen molar-refractivity contribution in [1.82, 2.24) is 0 Å². The zero-order valence-electron chi connectivity index (χ0n) is 9.31. The van der Waals surface area contributed by atoms with Gasteiger partial charge in [0.25, 0.3) is 0 Å². The van der Waals surface area contributed by atoms with Gasteiger partial charge in [0.1, 0.15) is 5.60 Å². The molecule has 0 bridgehead atoms. The molecule has 0 aromatic heterocycles. The molecule has 1 aromatic carbocycles. The lowest BCUT2D eigenvalue weighted by molar-refractivity contribution is -0.0880. The summed E-state index contributed by atoms with van der Waals surface area (Å²) in [6.45, 7) is 5.53. The topological polar surface area (TPSA) is 29.5 Å². The summed E-state index contributed by atoms with van der Waals surface area (Å²) in [5, 5.41) is 10.6. The number of aliphatic hydroxyl groups is 1. The molecule has 0 heterocycles. The van der Waals surface area contributed by atoms with E-state index in [4.69, 9.17) is 4.74 Å². The summed E-state index contributed by atoms with van der Waals surface area (Å²) in [5.41, 5.74) is -0.128. The van der Waals surface area contributed by atoms with E-state index in [9.17, 15) is 5.11 Å². The Morgan fingerprint density at radius 1 is 1.47 bits per heavy atom. The molecule has 2 atom stereocenters. The third-order valence-corrected chi connectivity index (χ3v) is 2.76. The van der Waals surface area contributed by atoms with Crippen molar-refractivity contribution in [1.29, 1.82) is 0 Å². The van der Waals surface area contributed by atoms with Gasteiger partial charge in [0.2, 0.25) is 0 Å². The number of benzene rings is 1. The molecule has 0 amide bonds. The van der Waals surface area contributed by atoms with Crippen LogP contribution in [0.2, 0.25) is 0 Å². The molecule has 2 heteroatoms. The first kappa shape index (κ1) is 12.0. The lowest BCUT2D eigenvalue weighted by Gasteiger charge is -2.32. The predicted molar refractivity (Wildman–Crippen MR) is 61.6 cm³/mol. The first-order valence-corrected chi connectivity index (χ1v) is 5.06. The standard InChI is InChI=1S/C13H18O2/c1-4-10-13(14,11(2)15-3)12-8-6-5-7-9-12/h4-9,11,14H,1,10H2,2-3H3/t11-,13-/m0/s1. The maximum atomic E-state index is 10.6. The monoisotopic (exact) mass is 206 g/mol. The summed E-state index contributed by atoms with van der Waals surface area (Å²) in [6, 6.07) is 9.55. The molecule has 2 nitrogen and oxygen atoms in total. The zero-order valence-corrected chi connectivity index (χ0v) is 9.31. The average Bonchev–Trinajstić information content (AvgIpc) is 2.29. The van der Waals surface area contributed by atoms with Gasteiger partial charge in [-0.1, -0.05) is 36.4 Å². The van der Waals surface area contributed by atoms with Crippen molar-refractivity contribution >= 4 is 0 Å². The fourth-order valence-electron chi connectivity index (χ4n) is 1.66. The van der Waals surface area contributed by atoms with E-state index < -0.39 is 5.60 Å². The minimum Gasteiger partial charge on any atom is -0.382 e. The van der Waals surface area contributed by atoms with Gasteiger partial charge in [0.05, 0.1) is 6.10 Å². The van der Waals surface area contributed by atoms with E-state index in [0.717, 1.165) is 5.56 Å². The third kappa shape index (κ3) is 2.46. The number of methoxy groups -OCH3 is 1. The second-order valence-electron chi connectivity index (χ2n) is 3.66. The van der Waals surface area contributed by atoms with Gasteiger partial charge in [0, 0.05) is 13.5 Å². The van der Waals surface area contributed by atoms with Crippen LogP contribution in [0, 0.1) is 0 Å². The molecule has 1 rings (SSSR count). The van der Waals surface area contributed by atoms with Crippen LogP contribution in [0.15, 0.2) is 43.0 Å². The van der Waals surface area contributed by atoms with Crippen LogP contribution >= 0.6 is 0 Å². The molecule has 0 fully saturated rings. The Bertz CT molecular complexity index is 308. The molecule has 1 aromatic rings. The first-order chi connectivity index (χ1) is 7.15. The SMILES string of the molecule is C=CC[C@@](O)(c1ccccc1)[C@H](C)OC. The van der Waals surface area contributed by atoms with Crippen LogP contribution in [0.5, 0.6) is 0 Å². The Labute approximate surface area is 91.2 Å². The fourth-order valence-corrected chi connectivity index (χ4v) is 1.66. The van der Waals surface area contributed by atoms with Crippen LogP contribution < -0.4 is 0 Å². The highest BCUT2D eigenvalue weighted by atomic mass is 16.5. The molecule has 0 aliphatic rings. The molecule has 0 unspecified atom stereocenters. The zero-order chi connectivity index (χ0) is 11.3. The molecular formula is C13H18O2. The molecule has 0 aliphatic carbocycles. The minimum atomic E-state index is -0.988. The molecule has 0 radical (unpaired) electrons. The average molecular weight is 206 g/mol. The van der Waals surface area contributed by atoms with Gasteiger partial charge < -0.3 is 9.84 Å². The summed E-state index contributed by atoms with van der Waals surface area (Å²) < 4.78 is 5.22. The number of hydrogen-bond acceptors (Lipinski definition) is 2. The van der Waals surface area contributed by atoms with Crippen LogP contribution in [0.3, 0.4) is 0 Å². The Balaban J connectivity index is 3.06. The fraction of sp³-hybridized carbons (Fsp3) is 0.385. The van der Waals surface area contributed by atoms with Gasteiger partial charge in [0.15, 0.2) is 0 Å². The lowest BCUT2D eigenvalue weighted by atomic mass is 9.86. The normalized spacial score (nSPS) is 16.7. The van der Waals surface area contributed by atoms with E-state index in [2.05, 4.69) is 6.58 Å². The summed E-state index contributed by atoms with van der Waals surface area (Å²) in [5.74, 6) is 0. The minimum absolute atomic E-state index is 0.266. The smallest absolute Gasteiger partial charge is 0.119 e. The summed E-state index contributed by atoms with van der Waals surface area (Å²) in [6.07, 6.45) is 1.92. The number of rotatable bonds is 5. The van der Waals surface area contributed by atoms with E-state index in [-0.39, 0.29) is 6.10 Å².